The van der Waals surface area contributed by atoms with E-state index in [1.807, 2.05) is 12.1 Å². The number of nitrogens with zero attached hydrogens (tertiary/aromatic N) is 1. The Balaban J connectivity index is 2.02. The van der Waals surface area contributed by atoms with Gasteiger partial charge in [-0.15, -0.1) is 0 Å². The van der Waals surface area contributed by atoms with Gasteiger partial charge in [-0.2, -0.15) is 0 Å². The standard InChI is InChI=1S/C16H25ClN2/c1-16(12-18,13-19-9-5-2-6-10-19)11-14-7-3-4-8-15(14)17/h3-4,7-8H,2,5-6,9-13,18H2,1H3. The number of piperidine rings is 1. The van der Waals surface area contributed by atoms with Crippen molar-refractivity contribution in [2.45, 2.75) is 32.6 Å². The van der Waals surface area contributed by atoms with Crippen molar-refractivity contribution >= 4 is 11.6 Å². The van der Waals surface area contributed by atoms with Gasteiger partial charge in [-0.3, -0.25) is 0 Å². The summed E-state index contributed by atoms with van der Waals surface area (Å²) in [5.74, 6) is 0. The van der Waals surface area contributed by atoms with E-state index >= 15 is 0 Å². The number of benzene rings is 1. The monoisotopic (exact) mass is 280 g/mol. The zero-order valence-electron chi connectivity index (χ0n) is 11.9. The molecule has 2 rings (SSSR count). The average Bonchev–Trinajstić information content (AvgIpc) is 2.42. The van der Waals surface area contributed by atoms with E-state index in [1.165, 1.54) is 37.9 Å². The molecule has 0 saturated carbocycles. The first-order valence-corrected chi connectivity index (χ1v) is 7.67. The highest BCUT2D eigenvalue weighted by Gasteiger charge is 2.27. The third-order valence-corrected chi connectivity index (χ3v) is 4.49. The second-order valence-electron chi connectivity index (χ2n) is 6.12. The quantitative estimate of drug-likeness (QED) is 0.896. The van der Waals surface area contributed by atoms with Crippen LogP contribution in [0, 0.1) is 5.41 Å². The minimum absolute atomic E-state index is 0.113. The van der Waals surface area contributed by atoms with Gasteiger partial charge in [-0.25, -0.2) is 0 Å². The Labute approximate surface area is 121 Å². The first kappa shape index (κ1) is 14.8. The maximum atomic E-state index is 6.28. The highest BCUT2D eigenvalue weighted by Crippen LogP contribution is 2.28. The van der Waals surface area contributed by atoms with E-state index < -0.39 is 0 Å². The zero-order chi connectivity index (χ0) is 13.7. The van der Waals surface area contributed by atoms with Crippen molar-refractivity contribution in [3.05, 3.63) is 34.9 Å². The molecule has 106 valence electrons. The molecule has 0 bridgehead atoms. The lowest BCUT2D eigenvalue weighted by Gasteiger charge is -2.37. The van der Waals surface area contributed by atoms with Gasteiger partial charge >= 0.3 is 0 Å². The van der Waals surface area contributed by atoms with E-state index in [9.17, 15) is 0 Å². The molecule has 1 aromatic rings. The lowest BCUT2D eigenvalue weighted by atomic mass is 9.82. The van der Waals surface area contributed by atoms with Crippen LogP contribution < -0.4 is 5.73 Å². The Bertz CT molecular complexity index is 401. The predicted molar refractivity (Wildman–Crippen MR) is 82.6 cm³/mol. The highest BCUT2D eigenvalue weighted by atomic mass is 35.5. The number of rotatable bonds is 5. The Hall–Kier alpha value is -0.570. The van der Waals surface area contributed by atoms with Crippen molar-refractivity contribution in [3.63, 3.8) is 0 Å². The molecule has 19 heavy (non-hydrogen) atoms. The summed E-state index contributed by atoms with van der Waals surface area (Å²) < 4.78 is 0. The van der Waals surface area contributed by atoms with Crippen LogP contribution in [0.5, 0.6) is 0 Å². The van der Waals surface area contributed by atoms with Gasteiger partial charge in [0.25, 0.3) is 0 Å². The van der Waals surface area contributed by atoms with Gasteiger partial charge in [0.1, 0.15) is 0 Å². The fourth-order valence-corrected chi connectivity index (χ4v) is 3.15. The third-order valence-electron chi connectivity index (χ3n) is 4.12. The molecule has 2 N–H and O–H groups in total. The summed E-state index contributed by atoms with van der Waals surface area (Å²) >= 11 is 6.28. The molecule has 1 saturated heterocycles. The van der Waals surface area contributed by atoms with Gasteiger partial charge in [0.15, 0.2) is 0 Å². The summed E-state index contributed by atoms with van der Waals surface area (Å²) in [5.41, 5.74) is 7.38. The van der Waals surface area contributed by atoms with Gasteiger partial charge in [0.05, 0.1) is 0 Å². The Morgan fingerprint density at radius 3 is 2.53 bits per heavy atom. The van der Waals surface area contributed by atoms with Crippen molar-refractivity contribution in [3.8, 4) is 0 Å². The molecular formula is C16H25ClN2. The predicted octanol–water partition coefficient (Wildman–Crippen LogP) is 3.33. The summed E-state index contributed by atoms with van der Waals surface area (Å²) in [6.07, 6.45) is 4.99. The van der Waals surface area contributed by atoms with E-state index in [0.717, 1.165) is 18.0 Å². The van der Waals surface area contributed by atoms with Crippen LogP contribution in [-0.4, -0.2) is 31.1 Å². The smallest absolute Gasteiger partial charge is 0.0438 e. The molecule has 0 radical (unpaired) electrons. The molecule has 0 amide bonds. The first-order valence-electron chi connectivity index (χ1n) is 7.29. The van der Waals surface area contributed by atoms with Gasteiger partial charge in [0.2, 0.25) is 0 Å². The van der Waals surface area contributed by atoms with Crippen molar-refractivity contribution in [1.29, 1.82) is 0 Å². The second-order valence-corrected chi connectivity index (χ2v) is 6.53. The van der Waals surface area contributed by atoms with Gasteiger partial charge < -0.3 is 10.6 Å². The zero-order valence-corrected chi connectivity index (χ0v) is 12.6. The Kier molecular flexibility index (Phi) is 5.26. The summed E-state index contributed by atoms with van der Waals surface area (Å²) in [7, 11) is 0. The molecule has 0 aliphatic carbocycles. The SMILES string of the molecule is CC(CN)(Cc1ccccc1Cl)CN1CCCCC1. The fourth-order valence-electron chi connectivity index (χ4n) is 2.95. The van der Waals surface area contributed by atoms with E-state index in [0.29, 0.717) is 6.54 Å². The van der Waals surface area contributed by atoms with E-state index in [1.54, 1.807) is 0 Å². The number of hydrogen-bond acceptors (Lipinski definition) is 2. The lowest BCUT2D eigenvalue weighted by Crippen LogP contribution is -2.44. The summed E-state index contributed by atoms with van der Waals surface area (Å²) in [6, 6.07) is 8.12. The average molecular weight is 281 g/mol. The molecule has 3 heteroatoms. The summed E-state index contributed by atoms with van der Waals surface area (Å²) in [6.45, 7) is 6.50. The maximum absolute atomic E-state index is 6.28. The van der Waals surface area contributed by atoms with E-state index in [2.05, 4.69) is 24.0 Å². The molecule has 0 aromatic heterocycles. The van der Waals surface area contributed by atoms with Crippen LogP contribution in [0.2, 0.25) is 5.02 Å². The van der Waals surface area contributed by atoms with Gasteiger partial charge in [-0.05, 0) is 55.9 Å². The number of hydrogen-bond donors (Lipinski definition) is 1. The summed E-state index contributed by atoms with van der Waals surface area (Å²) in [5, 5.41) is 0.862. The van der Waals surface area contributed by atoms with Crippen molar-refractivity contribution < 1.29 is 0 Å². The Morgan fingerprint density at radius 1 is 1.21 bits per heavy atom. The van der Waals surface area contributed by atoms with E-state index in [-0.39, 0.29) is 5.41 Å². The highest BCUT2D eigenvalue weighted by molar-refractivity contribution is 6.31. The molecule has 0 spiro atoms. The molecule has 1 atom stereocenters. The molecule has 1 aliphatic rings. The van der Waals surface area contributed by atoms with Crippen LogP contribution in [0.25, 0.3) is 0 Å². The Morgan fingerprint density at radius 2 is 1.89 bits per heavy atom. The molecule has 1 aliphatic heterocycles. The van der Waals surface area contributed by atoms with Crippen molar-refractivity contribution in [2.24, 2.45) is 11.1 Å². The molecule has 1 heterocycles. The fraction of sp³-hybridized carbons (Fsp3) is 0.625. The second kappa shape index (κ2) is 6.74. The maximum Gasteiger partial charge on any atom is 0.0438 e. The van der Waals surface area contributed by atoms with Crippen LogP contribution in [0.3, 0.4) is 0 Å². The molecule has 2 nitrogen and oxygen atoms in total. The topological polar surface area (TPSA) is 29.3 Å². The largest absolute Gasteiger partial charge is 0.330 e. The van der Waals surface area contributed by atoms with Crippen LogP contribution >= 0.6 is 11.6 Å². The first-order chi connectivity index (χ1) is 9.13. The van der Waals surface area contributed by atoms with Crippen LogP contribution in [0.15, 0.2) is 24.3 Å². The van der Waals surface area contributed by atoms with E-state index in [4.69, 9.17) is 17.3 Å². The minimum atomic E-state index is 0.113. The van der Waals surface area contributed by atoms with Crippen LogP contribution in [0.4, 0.5) is 0 Å². The molecule has 1 aromatic carbocycles. The van der Waals surface area contributed by atoms with Crippen molar-refractivity contribution in [1.82, 2.24) is 4.90 Å². The van der Waals surface area contributed by atoms with Crippen molar-refractivity contribution in [2.75, 3.05) is 26.2 Å². The van der Waals surface area contributed by atoms with Crippen LogP contribution in [0.1, 0.15) is 31.7 Å². The normalized spacial score (nSPS) is 20.2. The molecular weight excluding hydrogens is 256 g/mol. The molecule has 1 unspecified atom stereocenters. The van der Waals surface area contributed by atoms with Gasteiger partial charge in [-0.1, -0.05) is 43.1 Å². The number of likely N-dealkylation sites (tertiary alicyclic amines) is 1. The van der Waals surface area contributed by atoms with Gasteiger partial charge in [0, 0.05) is 11.6 Å². The number of nitrogens with two attached hydrogens (primary N) is 1. The third kappa shape index (κ3) is 4.20. The summed E-state index contributed by atoms with van der Waals surface area (Å²) in [4.78, 5) is 2.56. The lowest BCUT2D eigenvalue weighted by molar-refractivity contribution is 0.145. The molecule has 1 fully saturated rings. The van der Waals surface area contributed by atoms with Crippen LogP contribution in [-0.2, 0) is 6.42 Å². The number of halogens is 1. The minimum Gasteiger partial charge on any atom is -0.330 e.